The third kappa shape index (κ3) is 4.08. The van der Waals surface area contributed by atoms with Crippen molar-refractivity contribution >= 4 is 5.97 Å². The lowest BCUT2D eigenvalue weighted by atomic mass is 10.2. The highest BCUT2D eigenvalue weighted by atomic mass is 16.5. The lowest BCUT2D eigenvalue weighted by Crippen LogP contribution is -2.06. The van der Waals surface area contributed by atoms with Gasteiger partial charge in [0.25, 0.3) is 0 Å². The van der Waals surface area contributed by atoms with Crippen molar-refractivity contribution in [2.75, 3.05) is 6.61 Å². The van der Waals surface area contributed by atoms with E-state index in [4.69, 9.17) is 9.47 Å². The van der Waals surface area contributed by atoms with Crippen molar-refractivity contribution in [3.8, 4) is 5.75 Å². The molecule has 1 aromatic carbocycles. The number of carbonyl (C=O) groups excluding carboxylic acids is 1. The molecule has 0 aliphatic rings. The lowest BCUT2D eigenvalue weighted by Gasteiger charge is -2.09. The minimum atomic E-state index is -0.315. The molecule has 0 unspecified atom stereocenters. The zero-order chi connectivity index (χ0) is 15.1. The second-order valence-electron chi connectivity index (χ2n) is 4.61. The number of hydrogen-bond acceptors (Lipinski definition) is 4. The van der Waals surface area contributed by atoms with Crippen molar-refractivity contribution in [3.63, 3.8) is 0 Å². The van der Waals surface area contributed by atoms with Gasteiger partial charge in [0, 0.05) is 6.54 Å². The highest BCUT2D eigenvalue weighted by molar-refractivity contribution is 5.89. The molecule has 0 bridgehead atoms. The zero-order valence-corrected chi connectivity index (χ0v) is 12.4. The SMILES string of the molecule is CCCn1cncc1COc1ccc(C(=O)OCC)cc1. The first-order valence-corrected chi connectivity index (χ1v) is 7.13. The van der Waals surface area contributed by atoms with E-state index in [0.717, 1.165) is 18.7 Å². The van der Waals surface area contributed by atoms with Gasteiger partial charge in [0.2, 0.25) is 0 Å². The third-order valence-corrected chi connectivity index (χ3v) is 3.02. The first-order valence-electron chi connectivity index (χ1n) is 7.13. The van der Waals surface area contributed by atoms with Crippen LogP contribution in [0.1, 0.15) is 36.3 Å². The first-order chi connectivity index (χ1) is 10.2. The number of aryl methyl sites for hydroxylation is 1. The second kappa shape index (κ2) is 7.47. The smallest absolute Gasteiger partial charge is 0.338 e. The average molecular weight is 288 g/mol. The molecule has 0 saturated carbocycles. The van der Waals surface area contributed by atoms with Gasteiger partial charge in [-0.05, 0) is 37.6 Å². The molecule has 0 saturated heterocycles. The summed E-state index contributed by atoms with van der Waals surface area (Å²) in [4.78, 5) is 15.7. The Labute approximate surface area is 124 Å². The van der Waals surface area contributed by atoms with Crippen LogP contribution in [0.5, 0.6) is 5.75 Å². The molecule has 2 rings (SSSR count). The molecule has 0 spiro atoms. The maximum atomic E-state index is 11.5. The van der Waals surface area contributed by atoms with E-state index in [1.165, 1.54) is 0 Å². The summed E-state index contributed by atoms with van der Waals surface area (Å²) in [5.41, 5.74) is 1.56. The van der Waals surface area contributed by atoms with E-state index in [9.17, 15) is 4.79 Å². The highest BCUT2D eigenvalue weighted by Crippen LogP contribution is 2.15. The number of esters is 1. The average Bonchev–Trinajstić information content (AvgIpc) is 2.94. The van der Waals surface area contributed by atoms with Gasteiger partial charge < -0.3 is 14.0 Å². The number of benzene rings is 1. The Morgan fingerprint density at radius 1 is 1.24 bits per heavy atom. The summed E-state index contributed by atoms with van der Waals surface area (Å²) in [5.74, 6) is 0.400. The molecule has 2 aromatic rings. The van der Waals surface area contributed by atoms with Gasteiger partial charge in [-0.25, -0.2) is 9.78 Å². The number of aromatic nitrogens is 2. The number of hydrogen-bond donors (Lipinski definition) is 0. The molecule has 1 heterocycles. The number of carbonyl (C=O) groups is 1. The topological polar surface area (TPSA) is 53.4 Å². The largest absolute Gasteiger partial charge is 0.487 e. The van der Waals surface area contributed by atoms with Crippen LogP contribution in [0.25, 0.3) is 0 Å². The van der Waals surface area contributed by atoms with Crippen LogP contribution < -0.4 is 4.74 Å². The van der Waals surface area contributed by atoms with Crippen LogP contribution in [0.3, 0.4) is 0 Å². The van der Waals surface area contributed by atoms with Crippen molar-refractivity contribution in [2.24, 2.45) is 0 Å². The first kappa shape index (κ1) is 15.1. The van der Waals surface area contributed by atoms with Crippen LogP contribution in [0.4, 0.5) is 0 Å². The molecule has 0 fully saturated rings. The molecule has 0 atom stereocenters. The van der Waals surface area contributed by atoms with Crippen LogP contribution >= 0.6 is 0 Å². The van der Waals surface area contributed by atoms with E-state index in [1.54, 1.807) is 31.2 Å². The summed E-state index contributed by atoms with van der Waals surface area (Å²) >= 11 is 0. The van der Waals surface area contributed by atoms with Gasteiger partial charge >= 0.3 is 5.97 Å². The van der Waals surface area contributed by atoms with Crippen molar-refractivity contribution in [3.05, 3.63) is 48.0 Å². The predicted molar refractivity (Wildman–Crippen MR) is 79.2 cm³/mol. The number of nitrogens with zero attached hydrogens (tertiary/aromatic N) is 2. The van der Waals surface area contributed by atoms with Crippen LogP contribution in [0, 0.1) is 0 Å². The van der Waals surface area contributed by atoms with Gasteiger partial charge in [0.15, 0.2) is 0 Å². The third-order valence-electron chi connectivity index (χ3n) is 3.02. The molecule has 0 aliphatic heterocycles. The maximum Gasteiger partial charge on any atom is 0.338 e. The molecule has 112 valence electrons. The molecule has 0 aliphatic carbocycles. The molecule has 1 aromatic heterocycles. The van der Waals surface area contributed by atoms with E-state index in [-0.39, 0.29) is 5.97 Å². The lowest BCUT2D eigenvalue weighted by molar-refractivity contribution is 0.0526. The van der Waals surface area contributed by atoms with Gasteiger partial charge in [0.05, 0.1) is 30.4 Å². The molecule has 5 nitrogen and oxygen atoms in total. The normalized spacial score (nSPS) is 10.4. The van der Waals surface area contributed by atoms with Crippen LogP contribution in [0.15, 0.2) is 36.8 Å². The monoisotopic (exact) mass is 288 g/mol. The summed E-state index contributed by atoms with van der Waals surface area (Å²) in [6.07, 6.45) is 4.67. The number of imidazole rings is 1. The Morgan fingerprint density at radius 2 is 2.00 bits per heavy atom. The Kier molecular flexibility index (Phi) is 5.37. The standard InChI is InChI=1S/C16H20N2O3/c1-3-9-18-12-17-10-14(18)11-21-15-7-5-13(6-8-15)16(19)20-4-2/h5-8,10,12H,3-4,9,11H2,1-2H3. The van der Waals surface area contributed by atoms with E-state index in [0.29, 0.717) is 24.5 Å². The number of rotatable bonds is 7. The Balaban J connectivity index is 1.94. The summed E-state index contributed by atoms with van der Waals surface area (Å²) in [6, 6.07) is 6.95. The second-order valence-corrected chi connectivity index (χ2v) is 4.61. The summed E-state index contributed by atoms with van der Waals surface area (Å²) in [7, 11) is 0. The van der Waals surface area contributed by atoms with E-state index in [2.05, 4.69) is 16.5 Å². The number of ether oxygens (including phenoxy) is 2. The van der Waals surface area contributed by atoms with Crippen LogP contribution in [-0.2, 0) is 17.9 Å². The van der Waals surface area contributed by atoms with Crippen molar-refractivity contribution in [1.82, 2.24) is 9.55 Å². The molecular weight excluding hydrogens is 268 g/mol. The predicted octanol–water partition coefficient (Wildman–Crippen LogP) is 3.05. The van der Waals surface area contributed by atoms with Crippen LogP contribution in [-0.4, -0.2) is 22.1 Å². The molecule has 0 N–H and O–H groups in total. The summed E-state index contributed by atoms with van der Waals surface area (Å²) < 4.78 is 12.7. The molecule has 5 heteroatoms. The van der Waals surface area contributed by atoms with Gasteiger partial charge in [0.1, 0.15) is 12.4 Å². The molecule has 21 heavy (non-hydrogen) atoms. The molecule has 0 amide bonds. The van der Waals surface area contributed by atoms with Crippen molar-refractivity contribution < 1.29 is 14.3 Å². The summed E-state index contributed by atoms with van der Waals surface area (Å²) in [6.45, 7) is 5.67. The van der Waals surface area contributed by atoms with E-state index < -0.39 is 0 Å². The van der Waals surface area contributed by atoms with Crippen LogP contribution in [0.2, 0.25) is 0 Å². The molecule has 0 radical (unpaired) electrons. The fraction of sp³-hybridized carbons (Fsp3) is 0.375. The van der Waals surface area contributed by atoms with Gasteiger partial charge in [-0.15, -0.1) is 0 Å². The minimum Gasteiger partial charge on any atom is -0.487 e. The maximum absolute atomic E-state index is 11.5. The van der Waals surface area contributed by atoms with Gasteiger partial charge in [-0.3, -0.25) is 0 Å². The van der Waals surface area contributed by atoms with Gasteiger partial charge in [-0.2, -0.15) is 0 Å². The Hall–Kier alpha value is -2.30. The minimum absolute atomic E-state index is 0.315. The molecular formula is C16H20N2O3. The zero-order valence-electron chi connectivity index (χ0n) is 12.4. The quantitative estimate of drug-likeness (QED) is 0.735. The Bertz CT molecular complexity index is 575. The summed E-state index contributed by atoms with van der Waals surface area (Å²) in [5, 5.41) is 0. The fourth-order valence-electron chi connectivity index (χ4n) is 1.97. The van der Waals surface area contributed by atoms with Crippen molar-refractivity contribution in [1.29, 1.82) is 0 Å². The fourth-order valence-corrected chi connectivity index (χ4v) is 1.97. The van der Waals surface area contributed by atoms with E-state index in [1.807, 2.05) is 12.5 Å². The highest BCUT2D eigenvalue weighted by Gasteiger charge is 2.07. The van der Waals surface area contributed by atoms with Gasteiger partial charge in [-0.1, -0.05) is 6.92 Å². The van der Waals surface area contributed by atoms with E-state index >= 15 is 0 Å². The Morgan fingerprint density at radius 3 is 2.67 bits per heavy atom. The van der Waals surface area contributed by atoms with Crippen molar-refractivity contribution in [2.45, 2.75) is 33.4 Å².